The van der Waals surface area contributed by atoms with E-state index < -0.39 is 4.92 Å². The van der Waals surface area contributed by atoms with Gasteiger partial charge in [0.05, 0.1) is 4.92 Å². The normalized spacial score (nSPS) is 7.75. The van der Waals surface area contributed by atoms with E-state index in [2.05, 4.69) is 0 Å². The number of carbonyl (C=O) groups is 1. The molecule has 0 amide bonds. The lowest BCUT2D eigenvalue weighted by Crippen LogP contribution is -1.84. The first-order valence-electron chi connectivity index (χ1n) is 3.31. The molecule has 0 radical (unpaired) electrons. The van der Waals surface area contributed by atoms with Crippen molar-refractivity contribution in [3.63, 3.8) is 0 Å². The Bertz CT molecular complexity index is 246. The summed E-state index contributed by atoms with van der Waals surface area (Å²) in [5.41, 5.74) is 0.137. The Hall–Kier alpha value is -1.71. The van der Waals surface area contributed by atoms with Crippen LogP contribution in [-0.2, 0) is 4.79 Å². The fourth-order valence-corrected chi connectivity index (χ4v) is 0.550. The number of hydrogen-bond acceptors (Lipinski definition) is 3. The Balaban J connectivity index is 0.000000354. The number of benzene rings is 1. The van der Waals surface area contributed by atoms with Crippen molar-refractivity contribution in [1.29, 1.82) is 0 Å². The van der Waals surface area contributed by atoms with Crippen LogP contribution >= 0.6 is 0 Å². The van der Waals surface area contributed by atoms with Gasteiger partial charge in [-0.05, 0) is 6.92 Å². The van der Waals surface area contributed by atoms with Gasteiger partial charge in [0.15, 0.2) is 0 Å². The molecule has 64 valence electrons. The highest BCUT2D eigenvalue weighted by atomic mass is 16.6. The summed E-state index contributed by atoms with van der Waals surface area (Å²) in [6.07, 6.45) is 0.750. The van der Waals surface area contributed by atoms with E-state index in [1.807, 2.05) is 0 Å². The molecule has 0 aliphatic heterocycles. The number of nitro benzene ring substituents is 1. The van der Waals surface area contributed by atoms with Crippen molar-refractivity contribution >= 4 is 12.0 Å². The van der Waals surface area contributed by atoms with Crippen LogP contribution < -0.4 is 0 Å². The van der Waals surface area contributed by atoms with Crippen LogP contribution in [0.2, 0.25) is 0 Å². The molecule has 0 heterocycles. The fraction of sp³-hybridized carbons (Fsp3) is 0.125. The molecule has 0 bridgehead atoms. The molecule has 0 fully saturated rings. The highest BCUT2D eigenvalue weighted by Gasteiger charge is 1.98. The number of nitrogens with zero attached hydrogens (tertiary/aromatic N) is 1. The minimum absolute atomic E-state index is 0.137. The zero-order chi connectivity index (χ0) is 9.40. The molecule has 12 heavy (non-hydrogen) atoms. The van der Waals surface area contributed by atoms with E-state index in [-0.39, 0.29) is 5.69 Å². The molecular weight excluding hydrogens is 158 g/mol. The second kappa shape index (κ2) is 6.03. The number of carbonyl (C=O) groups excluding carboxylic acids is 1. The number of rotatable bonds is 1. The number of para-hydroxylation sites is 1. The van der Waals surface area contributed by atoms with E-state index in [1.165, 1.54) is 19.1 Å². The highest BCUT2D eigenvalue weighted by molar-refractivity contribution is 5.44. The first-order valence-corrected chi connectivity index (χ1v) is 3.31. The van der Waals surface area contributed by atoms with Gasteiger partial charge in [0.2, 0.25) is 0 Å². The molecule has 0 saturated heterocycles. The minimum Gasteiger partial charge on any atom is -0.304 e. The molecule has 0 aliphatic rings. The lowest BCUT2D eigenvalue weighted by molar-refractivity contribution is -0.384. The van der Waals surface area contributed by atoms with Gasteiger partial charge in [0.25, 0.3) is 5.69 Å². The predicted octanol–water partition coefficient (Wildman–Crippen LogP) is 1.80. The summed E-state index contributed by atoms with van der Waals surface area (Å²) in [5.74, 6) is 0. The van der Waals surface area contributed by atoms with Crippen molar-refractivity contribution < 1.29 is 9.72 Å². The second-order valence-electron chi connectivity index (χ2n) is 1.83. The van der Waals surface area contributed by atoms with Crippen LogP contribution in [0.25, 0.3) is 0 Å². The molecule has 1 aromatic rings. The fourth-order valence-electron chi connectivity index (χ4n) is 0.550. The van der Waals surface area contributed by atoms with E-state index in [4.69, 9.17) is 4.79 Å². The third-order valence-corrected chi connectivity index (χ3v) is 0.967. The lowest BCUT2D eigenvalue weighted by Gasteiger charge is -1.85. The van der Waals surface area contributed by atoms with Gasteiger partial charge in [-0.2, -0.15) is 0 Å². The quantitative estimate of drug-likeness (QED) is 0.364. The summed E-state index contributed by atoms with van der Waals surface area (Å²) in [5, 5.41) is 10.0. The van der Waals surface area contributed by atoms with Gasteiger partial charge in [-0.3, -0.25) is 10.1 Å². The molecule has 0 aliphatic carbocycles. The maximum absolute atomic E-state index is 10.0. The van der Waals surface area contributed by atoms with E-state index >= 15 is 0 Å². The first-order chi connectivity index (χ1) is 5.72. The first kappa shape index (κ1) is 10.3. The van der Waals surface area contributed by atoms with Crippen molar-refractivity contribution in [2.45, 2.75) is 6.92 Å². The topological polar surface area (TPSA) is 60.2 Å². The van der Waals surface area contributed by atoms with Crippen LogP contribution in [0.3, 0.4) is 0 Å². The van der Waals surface area contributed by atoms with Gasteiger partial charge in [-0.15, -0.1) is 0 Å². The lowest BCUT2D eigenvalue weighted by atomic mass is 10.3. The van der Waals surface area contributed by atoms with Crippen LogP contribution in [0, 0.1) is 10.1 Å². The molecule has 4 heteroatoms. The minimum atomic E-state index is -0.417. The SMILES string of the molecule is CC=O.O=[N+]([O-])c1ccccc1. The van der Waals surface area contributed by atoms with Crippen LogP contribution in [-0.4, -0.2) is 11.2 Å². The molecule has 1 aromatic carbocycles. The zero-order valence-electron chi connectivity index (χ0n) is 6.64. The number of aldehydes is 1. The largest absolute Gasteiger partial charge is 0.304 e. The molecule has 4 nitrogen and oxygen atoms in total. The summed E-state index contributed by atoms with van der Waals surface area (Å²) in [6.45, 7) is 1.44. The Labute approximate surface area is 70.0 Å². The summed E-state index contributed by atoms with van der Waals surface area (Å²) in [4.78, 5) is 18.4. The third kappa shape index (κ3) is 4.16. The maximum Gasteiger partial charge on any atom is 0.269 e. The average molecular weight is 167 g/mol. The highest BCUT2D eigenvalue weighted by Crippen LogP contribution is 2.06. The van der Waals surface area contributed by atoms with Crippen molar-refractivity contribution in [2.75, 3.05) is 0 Å². The summed E-state index contributed by atoms with van der Waals surface area (Å²) in [6, 6.07) is 7.93. The summed E-state index contributed by atoms with van der Waals surface area (Å²) < 4.78 is 0. The molecule has 0 spiro atoms. The van der Waals surface area contributed by atoms with Crippen molar-refractivity contribution in [2.24, 2.45) is 0 Å². The summed E-state index contributed by atoms with van der Waals surface area (Å²) >= 11 is 0. The molecule has 0 aromatic heterocycles. The van der Waals surface area contributed by atoms with Gasteiger partial charge in [-0.25, -0.2) is 0 Å². The van der Waals surface area contributed by atoms with Crippen LogP contribution in [0.5, 0.6) is 0 Å². The van der Waals surface area contributed by atoms with E-state index in [1.54, 1.807) is 18.2 Å². The average Bonchev–Trinajstić information content (AvgIpc) is 2.07. The standard InChI is InChI=1S/C6H5NO2.C2H4O/c8-7(9)6-4-2-1-3-5-6;1-2-3/h1-5H;2H,1H3. The molecule has 0 saturated carbocycles. The monoisotopic (exact) mass is 167 g/mol. The van der Waals surface area contributed by atoms with Gasteiger partial charge >= 0.3 is 0 Å². The predicted molar refractivity (Wildman–Crippen MR) is 44.8 cm³/mol. The Kier molecular flexibility index (Phi) is 5.17. The van der Waals surface area contributed by atoms with Gasteiger partial charge in [0, 0.05) is 12.1 Å². The Morgan fingerprint density at radius 1 is 1.33 bits per heavy atom. The summed E-state index contributed by atoms with van der Waals surface area (Å²) in [7, 11) is 0. The van der Waals surface area contributed by atoms with Gasteiger partial charge in [0.1, 0.15) is 6.29 Å². The number of non-ortho nitro benzene ring substituents is 1. The van der Waals surface area contributed by atoms with Crippen molar-refractivity contribution in [3.8, 4) is 0 Å². The molecule has 0 atom stereocenters. The second-order valence-corrected chi connectivity index (χ2v) is 1.83. The van der Waals surface area contributed by atoms with Crippen LogP contribution in [0.1, 0.15) is 6.92 Å². The number of nitro groups is 1. The Morgan fingerprint density at radius 2 is 1.75 bits per heavy atom. The van der Waals surface area contributed by atoms with Crippen LogP contribution in [0.4, 0.5) is 5.69 Å². The van der Waals surface area contributed by atoms with Crippen LogP contribution in [0.15, 0.2) is 30.3 Å². The smallest absolute Gasteiger partial charge is 0.269 e. The van der Waals surface area contributed by atoms with Gasteiger partial charge in [-0.1, -0.05) is 18.2 Å². The number of hydrogen-bond donors (Lipinski definition) is 0. The molecular formula is C8H9NO3. The van der Waals surface area contributed by atoms with Gasteiger partial charge < -0.3 is 4.79 Å². The Morgan fingerprint density at radius 3 is 2.00 bits per heavy atom. The molecule has 0 N–H and O–H groups in total. The zero-order valence-corrected chi connectivity index (χ0v) is 6.64. The third-order valence-electron chi connectivity index (χ3n) is 0.967. The van der Waals surface area contributed by atoms with E-state index in [0.29, 0.717) is 0 Å². The molecule has 0 unspecified atom stereocenters. The van der Waals surface area contributed by atoms with Crippen molar-refractivity contribution in [1.82, 2.24) is 0 Å². The maximum atomic E-state index is 10.0. The van der Waals surface area contributed by atoms with E-state index in [0.717, 1.165) is 6.29 Å². The molecule has 1 rings (SSSR count). The van der Waals surface area contributed by atoms with E-state index in [9.17, 15) is 10.1 Å². The van der Waals surface area contributed by atoms with Crippen molar-refractivity contribution in [3.05, 3.63) is 40.4 Å².